The van der Waals surface area contributed by atoms with E-state index in [1.807, 2.05) is 0 Å². The van der Waals surface area contributed by atoms with E-state index in [1.54, 1.807) is 0 Å². The van der Waals surface area contributed by atoms with Crippen molar-refractivity contribution in [2.24, 2.45) is 0 Å². The summed E-state index contributed by atoms with van der Waals surface area (Å²) in [5, 5.41) is 9.39. The SMILES string of the molecule is CCCCCCCCCC(O)CCCCCCCCC(CCCCC)S(=O)(=O)[O-].[Na+]. The van der Waals surface area contributed by atoms with Gasteiger partial charge in [-0.1, -0.05) is 117 Å². The fourth-order valence-corrected chi connectivity index (χ4v) is 4.91. The van der Waals surface area contributed by atoms with Crippen LogP contribution in [0.25, 0.3) is 0 Å². The van der Waals surface area contributed by atoms with Crippen molar-refractivity contribution >= 4 is 10.1 Å². The molecule has 30 heavy (non-hydrogen) atoms. The number of aliphatic hydroxyl groups is 1. The van der Waals surface area contributed by atoms with Gasteiger partial charge in [0, 0.05) is 5.25 Å². The first kappa shape index (κ1) is 33.0. The molecule has 176 valence electrons. The van der Waals surface area contributed by atoms with E-state index >= 15 is 0 Å². The standard InChI is InChI=1S/C24H50O4S.Na/c1-3-5-7-8-9-12-16-19-23(25)20-17-13-10-11-14-18-22-24(29(26,27)28)21-15-6-4-2;/h23-25H,3-22H2,1-2H3,(H,26,27,28);/q;+1/p-1. The van der Waals surface area contributed by atoms with Gasteiger partial charge in [-0.05, 0) is 25.7 Å². The van der Waals surface area contributed by atoms with Crippen molar-refractivity contribution in [1.29, 1.82) is 0 Å². The average molecular weight is 457 g/mol. The predicted octanol–water partition coefficient (Wildman–Crippen LogP) is 4.11. The number of aliphatic hydroxyl groups excluding tert-OH is 1. The van der Waals surface area contributed by atoms with Gasteiger partial charge in [0.1, 0.15) is 0 Å². The first-order chi connectivity index (χ1) is 13.9. The molecule has 0 bridgehead atoms. The molecule has 0 spiro atoms. The molecule has 0 rings (SSSR count). The average Bonchev–Trinajstić information content (AvgIpc) is 2.67. The number of hydrogen-bond donors (Lipinski definition) is 1. The third-order valence-corrected chi connectivity index (χ3v) is 7.28. The molecule has 4 nitrogen and oxygen atoms in total. The van der Waals surface area contributed by atoms with Crippen LogP contribution in [0.3, 0.4) is 0 Å². The molecule has 0 saturated heterocycles. The second-order valence-electron chi connectivity index (χ2n) is 8.87. The Morgan fingerprint density at radius 3 is 1.30 bits per heavy atom. The minimum atomic E-state index is -4.15. The van der Waals surface area contributed by atoms with Crippen molar-refractivity contribution < 1.29 is 47.6 Å². The normalized spacial score (nSPS) is 13.7. The van der Waals surface area contributed by atoms with E-state index in [9.17, 15) is 18.1 Å². The molecule has 6 heteroatoms. The quantitative estimate of drug-likeness (QED) is 0.151. The third kappa shape index (κ3) is 22.1. The van der Waals surface area contributed by atoms with E-state index in [1.165, 1.54) is 38.5 Å². The summed E-state index contributed by atoms with van der Waals surface area (Å²) < 4.78 is 34.1. The van der Waals surface area contributed by atoms with Gasteiger partial charge in [0.2, 0.25) is 0 Å². The molecule has 0 saturated carbocycles. The van der Waals surface area contributed by atoms with Gasteiger partial charge in [-0.2, -0.15) is 0 Å². The molecule has 0 heterocycles. The van der Waals surface area contributed by atoms with E-state index in [0.717, 1.165) is 77.0 Å². The Balaban J connectivity index is 0. The maximum Gasteiger partial charge on any atom is 1.00 e. The molecule has 0 aromatic rings. The zero-order valence-electron chi connectivity index (χ0n) is 20.4. The summed E-state index contributed by atoms with van der Waals surface area (Å²) >= 11 is 0. The minimum absolute atomic E-state index is 0. The summed E-state index contributed by atoms with van der Waals surface area (Å²) in [4.78, 5) is 0. The van der Waals surface area contributed by atoms with Crippen LogP contribution in [0.15, 0.2) is 0 Å². The molecule has 1 N–H and O–H groups in total. The van der Waals surface area contributed by atoms with Crippen molar-refractivity contribution in [2.45, 2.75) is 154 Å². The second kappa shape index (κ2) is 23.0. The van der Waals surface area contributed by atoms with Crippen LogP contribution in [-0.4, -0.2) is 29.4 Å². The zero-order valence-corrected chi connectivity index (χ0v) is 23.2. The van der Waals surface area contributed by atoms with Crippen LogP contribution < -0.4 is 29.6 Å². The van der Waals surface area contributed by atoms with Gasteiger partial charge in [0.25, 0.3) is 0 Å². The van der Waals surface area contributed by atoms with Gasteiger partial charge in [0.05, 0.1) is 16.2 Å². The Morgan fingerprint density at radius 2 is 0.900 bits per heavy atom. The van der Waals surface area contributed by atoms with Crippen molar-refractivity contribution in [1.82, 2.24) is 0 Å². The Bertz CT molecular complexity index is 442. The Hall–Kier alpha value is 0.870. The van der Waals surface area contributed by atoms with Crippen LogP contribution in [-0.2, 0) is 10.1 Å². The van der Waals surface area contributed by atoms with Gasteiger partial charge < -0.3 is 9.66 Å². The van der Waals surface area contributed by atoms with Crippen LogP contribution in [0.1, 0.15) is 142 Å². The fraction of sp³-hybridized carbons (Fsp3) is 1.00. The van der Waals surface area contributed by atoms with E-state index < -0.39 is 15.4 Å². The van der Waals surface area contributed by atoms with Crippen LogP contribution >= 0.6 is 0 Å². The predicted molar refractivity (Wildman–Crippen MR) is 123 cm³/mol. The minimum Gasteiger partial charge on any atom is -0.748 e. The number of hydrogen-bond acceptors (Lipinski definition) is 4. The van der Waals surface area contributed by atoms with E-state index in [4.69, 9.17) is 0 Å². The van der Waals surface area contributed by atoms with E-state index in [-0.39, 0.29) is 35.7 Å². The molecule has 0 aliphatic heterocycles. The molecular weight excluding hydrogens is 407 g/mol. The molecule has 0 aliphatic carbocycles. The van der Waals surface area contributed by atoms with Gasteiger partial charge in [-0.25, -0.2) is 8.42 Å². The van der Waals surface area contributed by atoms with Gasteiger partial charge in [-0.3, -0.25) is 0 Å². The Labute approximate surface area is 210 Å². The monoisotopic (exact) mass is 456 g/mol. The largest absolute Gasteiger partial charge is 1.00 e. The van der Waals surface area contributed by atoms with Crippen LogP contribution in [0.4, 0.5) is 0 Å². The van der Waals surface area contributed by atoms with Crippen LogP contribution in [0.2, 0.25) is 0 Å². The first-order valence-electron chi connectivity index (χ1n) is 12.5. The summed E-state index contributed by atoms with van der Waals surface area (Å²) in [6.45, 7) is 4.32. The third-order valence-electron chi connectivity index (χ3n) is 5.99. The maximum absolute atomic E-state index is 11.4. The summed E-state index contributed by atoms with van der Waals surface area (Å²) in [5.41, 5.74) is 0. The summed E-state index contributed by atoms with van der Waals surface area (Å²) in [7, 11) is -4.15. The molecule has 2 unspecified atom stereocenters. The molecule has 0 aromatic heterocycles. The van der Waals surface area contributed by atoms with E-state index in [2.05, 4.69) is 13.8 Å². The number of rotatable bonds is 22. The van der Waals surface area contributed by atoms with Gasteiger partial charge in [0.15, 0.2) is 0 Å². The molecular formula is C24H49NaO4S. The molecule has 0 radical (unpaired) electrons. The summed E-state index contributed by atoms with van der Waals surface area (Å²) in [5.74, 6) is 0. The smallest absolute Gasteiger partial charge is 0.748 e. The Morgan fingerprint density at radius 1 is 0.600 bits per heavy atom. The second-order valence-corrected chi connectivity index (χ2v) is 10.5. The van der Waals surface area contributed by atoms with Crippen molar-refractivity contribution in [3.63, 3.8) is 0 Å². The topological polar surface area (TPSA) is 77.4 Å². The first-order valence-corrected chi connectivity index (χ1v) is 14.0. The molecule has 0 amide bonds. The molecule has 0 aromatic carbocycles. The fourth-order valence-electron chi connectivity index (χ4n) is 4.00. The van der Waals surface area contributed by atoms with Gasteiger partial charge >= 0.3 is 29.6 Å². The molecule has 0 fully saturated rings. The molecule has 2 atom stereocenters. The molecule has 0 aliphatic rings. The Kier molecular flexibility index (Phi) is 25.4. The number of unbranched alkanes of at least 4 members (excludes halogenated alkanes) is 13. The van der Waals surface area contributed by atoms with Crippen LogP contribution in [0.5, 0.6) is 0 Å². The summed E-state index contributed by atoms with van der Waals surface area (Å²) in [6.07, 6.45) is 20.9. The van der Waals surface area contributed by atoms with Gasteiger partial charge in [-0.15, -0.1) is 0 Å². The summed E-state index contributed by atoms with van der Waals surface area (Å²) in [6, 6.07) is 0. The van der Waals surface area contributed by atoms with Crippen LogP contribution in [0, 0.1) is 0 Å². The van der Waals surface area contributed by atoms with Crippen molar-refractivity contribution in [2.75, 3.05) is 0 Å². The van der Waals surface area contributed by atoms with Crippen molar-refractivity contribution in [3.8, 4) is 0 Å². The zero-order chi connectivity index (χ0) is 21.8. The van der Waals surface area contributed by atoms with Crippen molar-refractivity contribution in [3.05, 3.63) is 0 Å². The maximum atomic E-state index is 11.4. The van der Waals surface area contributed by atoms with E-state index in [0.29, 0.717) is 12.8 Å².